The van der Waals surface area contributed by atoms with Gasteiger partial charge in [0, 0.05) is 6.54 Å². The molecule has 1 rings (SSSR count). The second-order valence-electron chi connectivity index (χ2n) is 3.71. The number of carbonyl (C=O) groups excluding carboxylic acids is 1. The van der Waals surface area contributed by atoms with E-state index in [0.717, 1.165) is 0 Å². The second-order valence-corrected chi connectivity index (χ2v) is 4.50. The summed E-state index contributed by atoms with van der Waals surface area (Å²) in [6.07, 6.45) is 0.737. The Labute approximate surface area is 108 Å². The van der Waals surface area contributed by atoms with Crippen LogP contribution in [0.15, 0.2) is 22.7 Å². The number of hydrogen-bond acceptors (Lipinski definition) is 2. The van der Waals surface area contributed by atoms with Crippen molar-refractivity contribution >= 4 is 21.8 Å². The fraction of sp³-hybridized carbons (Fsp3) is 0.417. The molecule has 0 radical (unpaired) electrons. The number of benzene rings is 1. The lowest BCUT2D eigenvalue weighted by Gasteiger charge is -2.09. The summed E-state index contributed by atoms with van der Waals surface area (Å²) in [7, 11) is 0. The first-order valence-corrected chi connectivity index (χ1v) is 6.25. The molecule has 0 aliphatic heterocycles. The predicted molar refractivity (Wildman–Crippen MR) is 67.3 cm³/mol. The summed E-state index contributed by atoms with van der Waals surface area (Å²) in [6.45, 7) is 2.24. The number of amides is 1. The highest BCUT2D eigenvalue weighted by atomic mass is 79.9. The summed E-state index contributed by atoms with van der Waals surface area (Å²) in [5.74, 6) is -0.814. The maximum atomic E-state index is 13.2. The van der Waals surface area contributed by atoms with Crippen molar-refractivity contribution in [3.63, 3.8) is 0 Å². The van der Waals surface area contributed by atoms with Gasteiger partial charge >= 0.3 is 0 Å². The van der Waals surface area contributed by atoms with E-state index in [0.29, 0.717) is 19.4 Å². The van der Waals surface area contributed by atoms with Crippen molar-refractivity contribution in [1.82, 2.24) is 5.32 Å². The third-order valence-corrected chi connectivity index (χ3v) is 3.24. The zero-order valence-electron chi connectivity index (χ0n) is 9.54. The van der Waals surface area contributed by atoms with Gasteiger partial charge in [0.1, 0.15) is 5.82 Å². The molecule has 1 aromatic rings. The van der Waals surface area contributed by atoms with Gasteiger partial charge in [-0.25, -0.2) is 4.39 Å². The Morgan fingerprint density at radius 1 is 1.59 bits per heavy atom. The number of aliphatic hydroxyl groups excluding tert-OH is 1. The predicted octanol–water partition coefficient (Wildman–Crippen LogP) is 2.48. The molecule has 3 nitrogen and oxygen atoms in total. The molecular formula is C12H15BrFNO2. The molecule has 1 atom stereocenters. The molecule has 0 aliphatic carbocycles. The lowest BCUT2D eigenvalue weighted by atomic mass is 10.2. The molecule has 94 valence electrons. The maximum absolute atomic E-state index is 13.2. The van der Waals surface area contributed by atoms with Gasteiger partial charge in [0.05, 0.1) is 16.1 Å². The second kappa shape index (κ2) is 6.71. The molecular weight excluding hydrogens is 289 g/mol. The molecule has 0 aromatic heterocycles. The van der Waals surface area contributed by atoms with Gasteiger partial charge < -0.3 is 10.4 Å². The van der Waals surface area contributed by atoms with Crippen LogP contribution in [0, 0.1) is 5.82 Å². The first-order valence-electron chi connectivity index (χ1n) is 5.46. The molecule has 2 N–H and O–H groups in total. The van der Waals surface area contributed by atoms with Crippen LogP contribution < -0.4 is 5.32 Å². The number of hydrogen-bond donors (Lipinski definition) is 2. The van der Waals surface area contributed by atoms with E-state index < -0.39 is 11.9 Å². The van der Waals surface area contributed by atoms with Gasteiger partial charge in [-0.1, -0.05) is 13.0 Å². The Morgan fingerprint density at radius 3 is 2.94 bits per heavy atom. The summed E-state index contributed by atoms with van der Waals surface area (Å²) in [5, 5.41) is 12.0. The van der Waals surface area contributed by atoms with Crippen molar-refractivity contribution in [3.05, 3.63) is 34.1 Å². The van der Waals surface area contributed by atoms with Crippen molar-refractivity contribution in [2.75, 3.05) is 6.54 Å². The average Bonchev–Trinajstić information content (AvgIpc) is 2.32. The molecule has 0 spiro atoms. The third kappa shape index (κ3) is 4.09. The molecule has 0 bridgehead atoms. The third-order valence-electron chi connectivity index (χ3n) is 2.43. The molecule has 0 saturated carbocycles. The highest BCUT2D eigenvalue weighted by Gasteiger charge is 2.12. The minimum atomic E-state index is -0.466. The molecule has 17 heavy (non-hydrogen) atoms. The fourth-order valence-corrected chi connectivity index (χ4v) is 1.78. The van der Waals surface area contributed by atoms with E-state index in [-0.39, 0.29) is 15.9 Å². The minimum Gasteiger partial charge on any atom is -0.393 e. The summed E-state index contributed by atoms with van der Waals surface area (Å²) in [6, 6.07) is 4.30. The summed E-state index contributed by atoms with van der Waals surface area (Å²) >= 11 is 3.03. The average molecular weight is 304 g/mol. The van der Waals surface area contributed by atoms with E-state index in [4.69, 9.17) is 0 Å². The first-order chi connectivity index (χ1) is 8.06. The first kappa shape index (κ1) is 14.1. The van der Waals surface area contributed by atoms with Crippen LogP contribution in [-0.2, 0) is 0 Å². The van der Waals surface area contributed by atoms with Crippen molar-refractivity contribution in [3.8, 4) is 0 Å². The van der Waals surface area contributed by atoms with E-state index in [1.807, 2.05) is 6.92 Å². The van der Waals surface area contributed by atoms with E-state index >= 15 is 0 Å². The van der Waals surface area contributed by atoms with Crippen LogP contribution in [0.4, 0.5) is 4.39 Å². The Kier molecular flexibility index (Phi) is 5.58. The summed E-state index contributed by atoms with van der Waals surface area (Å²) in [5.41, 5.74) is 0.260. The van der Waals surface area contributed by atoms with Crippen molar-refractivity contribution in [2.24, 2.45) is 0 Å². The highest BCUT2D eigenvalue weighted by Crippen LogP contribution is 2.20. The van der Waals surface area contributed by atoms with E-state index in [1.165, 1.54) is 12.1 Å². The Morgan fingerprint density at radius 2 is 2.29 bits per heavy atom. The summed E-state index contributed by atoms with van der Waals surface area (Å²) in [4.78, 5) is 11.7. The van der Waals surface area contributed by atoms with E-state index in [2.05, 4.69) is 21.2 Å². The van der Waals surface area contributed by atoms with Crippen LogP contribution in [0.25, 0.3) is 0 Å². The highest BCUT2D eigenvalue weighted by molar-refractivity contribution is 9.10. The van der Waals surface area contributed by atoms with Gasteiger partial charge in [0.15, 0.2) is 0 Å². The molecule has 5 heteroatoms. The zero-order chi connectivity index (χ0) is 12.8. The number of aliphatic hydroxyl groups is 1. The van der Waals surface area contributed by atoms with Gasteiger partial charge in [0.2, 0.25) is 0 Å². The zero-order valence-corrected chi connectivity index (χ0v) is 11.1. The Balaban J connectivity index is 2.56. The molecule has 0 saturated heterocycles. The van der Waals surface area contributed by atoms with Gasteiger partial charge in [-0.15, -0.1) is 0 Å². The largest absolute Gasteiger partial charge is 0.393 e. The van der Waals surface area contributed by atoms with Crippen molar-refractivity contribution in [2.45, 2.75) is 25.9 Å². The lowest BCUT2D eigenvalue weighted by Crippen LogP contribution is -2.27. The molecule has 1 unspecified atom stereocenters. The van der Waals surface area contributed by atoms with Gasteiger partial charge in [-0.05, 0) is 40.9 Å². The Bertz CT molecular complexity index is 398. The molecule has 0 heterocycles. The number of carbonyl (C=O) groups is 1. The van der Waals surface area contributed by atoms with Crippen molar-refractivity contribution < 1.29 is 14.3 Å². The van der Waals surface area contributed by atoms with Crippen LogP contribution in [0.1, 0.15) is 30.1 Å². The molecule has 0 aliphatic rings. The smallest absolute Gasteiger partial charge is 0.252 e. The topological polar surface area (TPSA) is 49.3 Å². The van der Waals surface area contributed by atoms with Gasteiger partial charge in [0.25, 0.3) is 5.91 Å². The lowest BCUT2D eigenvalue weighted by molar-refractivity contribution is 0.0940. The number of halogens is 2. The SMILES string of the molecule is CCC(O)CCNC(=O)c1cccc(F)c1Br. The number of rotatable bonds is 5. The van der Waals surface area contributed by atoms with E-state index in [9.17, 15) is 14.3 Å². The van der Waals surface area contributed by atoms with E-state index in [1.54, 1.807) is 6.07 Å². The number of nitrogens with one attached hydrogen (secondary N) is 1. The maximum Gasteiger partial charge on any atom is 0.252 e. The van der Waals surface area contributed by atoms with Crippen LogP contribution in [-0.4, -0.2) is 23.7 Å². The van der Waals surface area contributed by atoms with Crippen LogP contribution >= 0.6 is 15.9 Å². The standard InChI is InChI=1S/C12H15BrFNO2/c1-2-8(16)6-7-15-12(17)9-4-3-5-10(14)11(9)13/h3-5,8,16H,2,6-7H2,1H3,(H,15,17). The van der Waals surface area contributed by atoms with Crippen LogP contribution in [0.2, 0.25) is 0 Å². The Hall–Kier alpha value is -0.940. The molecule has 1 aromatic carbocycles. The molecule has 1 amide bonds. The normalized spacial score (nSPS) is 12.2. The fourth-order valence-electron chi connectivity index (χ4n) is 1.33. The van der Waals surface area contributed by atoms with Crippen LogP contribution in [0.3, 0.4) is 0 Å². The monoisotopic (exact) mass is 303 g/mol. The minimum absolute atomic E-state index is 0.161. The van der Waals surface area contributed by atoms with Gasteiger partial charge in [-0.2, -0.15) is 0 Å². The quantitative estimate of drug-likeness (QED) is 0.878. The summed E-state index contributed by atoms with van der Waals surface area (Å²) < 4.78 is 13.3. The van der Waals surface area contributed by atoms with Crippen molar-refractivity contribution in [1.29, 1.82) is 0 Å². The molecule has 0 fully saturated rings. The van der Waals surface area contributed by atoms with Crippen LogP contribution in [0.5, 0.6) is 0 Å². The van der Waals surface area contributed by atoms with Gasteiger partial charge in [-0.3, -0.25) is 4.79 Å².